The maximum Gasteiger partial charge on any atom is 0.407 e. The Balaban J connectivity index is 1.50. The first-order valence-electron chi connectivity index (χ1n) is 14.5. The summed E-state index contributed by atoms with van der Waals surface area (Å²) >= 11 is 1.32. The number of aromatic nitrogens is 2. The number of nitriles is 1. The Morgan fingerprint density at radius 2 is 1.91 bits per heavy atom. The molecule has 11 heteroatoms. The monoisotopic (exact) mass is 617 g/mol. The van der Waals surface area contributed by atoms with Gasteiger partial charge in [0.05, 0.1) is 28.1 Å². The maximum atomic E-state index is 14.8. The molecule has 2 aromatic carbocycles. The predicted molar refractivity (Wildman–Crippen MR) is 168 cm³/mol. The van der Waals surface area contributed by atoms with Gasteiger partial charge in [-0.15, -0.1) is 11.3 Å². The molecule has 0 saturated carbocycles. The Hall–Kier alpha value is -4.27. The van der Waals surface area contributed by atoms with Crippen molar-refractivity contribution in [2.45, 2.75) is 64.6 Å². The number of thiophene rings is 1. The number of carbonyl (C=O) groups excluding carboxylic acids is 2. The molecule has 0 radical (unpaired) electrons. The van der Waals surface area contributed by atoms with Crippen LogP contribution >= 0.6 is 11.3 Å². The highest BCUT2D eigenvalue weighted by molar-refractivity contribution is 7.18. The molecule has 9 nitrogen and oxygen atoms in total. The summed E-state index contributed by atoms with van der Waals surface area (Å²) in [6.45, 7) is 10.00. The van der Waals surface area contributed by atoms with Gasteiger partial charge in [-0.25, -0.2) is 9.18 Å². The van der Waals surface area contributed by atoms with Crippen molar-refractivity contribution in [1.82, 2.24) is 20.0 Å². The molecule has 44 heavy (non-hydrogen) atoms. The second-order valence-corrected chi connectivity index (χ2v) is 13.8. The molecule has 1 atom stereocenters. The van der Waals surface area contributed by atoms with Crippen molar-refractivity contribution in [3.63, 3.8) is 0 Å². The van der Waals surface area contributed by atoms with Crippen LogP contribution in [-0.4, -0.2) is 63.1 Å². The molecule has 4 aromatic rings. The van der Waals surface area contributed by atoms with Crippen molar-refractivity contribution < 1.29 is 23.8 Å². The summed E-state index contributed by atoms with van der Waals surface area (Å²) in [5, 5.41) is 27.4. The minimum Gasteiger partial charge on any atom is -0.444 e. The second kappa shape index (κ2) is 12.0. The number of carbonyl (C=O) groups is 2. The fourth-order valence-electron chi connectivity index (χ4n) is 5.16. The van der Waals surface area contributed by atoms with E-state index in [0.717, 1.165) is 34.2 Å². The van der Waals surface area contributed by atoms with Gasteiger partial charge in [0, 0.05) is 41.2 Å². The van der Waals surface area contributed by atoms with E-state index in [1.54, 1.807) is 42.5 Å². The van der Waals surface area contributed by atoms with E-state index >= 15 is 0 Å². The zero-order valence-corrected chi connectivity index (χ0v) is 26.3. The maximum absolute atomic E-state index is 14.8. The van der Waals surface area contributed by atoms with E-state index in [1.807, 2.05) is 44.3 Å². The lowest BCUT2D eigenvalue weighted by Crippen LogP contribution is -2.50. The first-order valence-corrected chi connectivity index (χ1v) is 15.3. The van der Waals surface area contributed by atoms with Gasteiger partial charge in [0.15, 0.2) is 0 Å². The Morgan fingerprint density at radius 3 is 2.59 bits per heavy atom. The number of aliphatic hydroxyl groups excluding tert-OH is 1. The molecule has 2 aromatic heterocycles. The number of hydrogen-bond donors (Lipinski definition) is 2. The summed E-state index contributed by atoms with van der Waals surface area (Å²) in [5.41, 5.74) is 1.53. The number of nitrogens with one attached hydrogen (secondary N) is 1. The number of halogens is 1. The van der Waals surface area contributed by atoms with Gasteiger partial charge in [-0.3, -0.25) is 9.48 Å². The highest BCUT2D eigenvalue weighted by Gasteiger charge is 2.29. The Morgan fingerprint density at radius 1 is 1.16 bits per heavy atom. The fraction of sp³-hybridized carbons (Fsp3) is 0.394. The van der Waals surface area contributed by atoms with Crippen LogP contribution in [0.15, 0.2) is 48.7 Å². The van der Waals surface area contributed by atoms with Crippen molar-refractivity contribution in [2.24, 2.45) is 0 Å². The minimum absolute atomic E-state index is 0.0565. The molecule has 1 fully saturated rings. The standard InChI is InChI=1S/C33H36FN5O4S/c1-32(2,3)43-31(42)36-24-7-6-12-38(18-24)30(41)28-15-25(20-8-9-22(16-35)26(34)14-20)29(44-28)21-10-11-27-23(13-21)17-39(37-27)33(4,5)19-40/h8-11,13-15,17,24,40H,6-7,12,18-19H2,1-5H3,(H,36,42)/t24-/m1/s1. The van der Waals surface area contributed by atoms with Crippen molar-refractivity contribution in [3.05, 3.63) is 64.9 Å². The SMILES string of the molecule is CC(C)(C)OC(=O)N[C@@H]1CCCN(C(=O)c2cc(-c3ccc(C#N)c(F)c3)c(-c3ccc4nn(C(C)(C)CO)cc4c3)s2)C1. The number of ether oxygens (including phenoxy) is 1. The van der Waals surface area contributed by atoms with Crippen molar-refractivity contribution in [1.29, 1.82) is 5.26 Å². The van der Waals surface area contributed by atoms with E-state index < -0.39 is 23.1 Å². The topological polar surface area (TPSA) is 120 Å². The number of fused-ring (bicyclic) bond motifs is 1. The number of aliphatic hydroxyl groups is 1. The lowest BCUT2D eigenvalue weighted by atomic mass is 10.00. The number of nitrogens with zero attached hydrogens (tertiary/aromatic N) is 4. The lowest BCUT2D eigenvalue weighted by molar-refractivity contribution is 0.0453. The van der Waals surface area contributed by atoms with Crippen LogP contribution in [0.1, 0.15) is 62.7 Å². The Bertz CT molecular complexity index is 1760. The Labute approximate surface area is 259 Å². The van der Waals surface area contributed by atoms with Gasteiger partial charge < -0.3 is 20.1 Å². The van der Waals surface area contributed by atoms with Crippen molar-refractivity contribution in [2.75, 3.05) is 19.7 Å². The van der Waals surface area contributed by atoms with Gasteiger partial charge in [-0.05, 0) is 88.9 Å². The zero-order valence-electron chi connectivity index (χ0n) is 25.5. The average Bonchev–Trinajstić information content (AvgIpc) is 3.61. The molecule has 0 aliphatic carbocycles. The number of benzene rings is 2. The number of rotatable bonds is 6. The first kappa shape index (κ1) is 31.2. The molecule has 3 heterocycles. The van der Waals surface area contributed by atoms with Crippen LogP contribution in [0, 0.1) is 17.1 Å². The molecular formula is C33H36FN5O4S. The van der Waals surface area contributed by atoms with E-state index in [2.05, 4.69) is 10.4 Å². The molecule has 1 aliphatic heterocycles. The van der Waals surface area contributed by atoms with Crippen molar-refractivity contribution in [3.8, 4) is 27.6 Å². The van der Waals surface area contributed by atoms with Crippen LogP contribution in [0.5, 0.6) is 0 Å². The van der Waals surface area contributed by atoms with Crippen molar-refractivity contribution >= 4 is 34.2 Å². The number of alkyl carbamates (subject to hydrolysis) is 1. The summed E-state index contributed by atoms with van der Waals surface area (Å²) in [5.74, 6) is -0.809. The van der Waals surface area contributed by atoms with Gasteiger partial charge >= 0.3 is 6.09 Å². The molecule has 0 unspecified atom stereocenters. The van der Waals surface area contributed by atoms with Crippen LogP contribution in [0.25, 0.3) is 32.5 Å². The highest BCUT2D eigenvalue weighted by atomic mass is 32.1. The number of hydrogen-bond acceptors (Lipinski definition) is 7. The molecule has 5 rings (SSSR count). The third-order valence-corrected chi connectivity index (χ3v) is 8.72. The third-order valence-electron chi connectivity index (χ3n) is 7.55. The molecule has 2 amide bonds. The van der Waals surface area contributed by atoms with Crippen LogP contribution < -0.4 is 5.32 Å². The summed E-state index contributed by atoms with van der Waals surface area (Å²) < 4.78 is 21.9. The zero-order chi connectivity index (χ0) is 31.8. The fourth-order valence-corrected chi connectivity index (χ4v) is 6.30. The van der Waals surface area contributed by atoms with Crippen LogP contribution in [-0.2, 0) is 10.3 Å². The van der Waals surface area contributed by atoms with Crippen LogP contribution in [0.4, 0.5) is 9.18 Å². The third kappa shape index (κ3) is 6.61. The summed E-state index contributed by atoms with van der Waals surface area (Å²) in [6, 6.07) is 13.6. The number of likely N-dealkylation sites (tertiary alicyclic amines) is 1. The quantitative estimate of drug-likeness (QED) is 0.262. The van der Waals surface area contributed by atoms with Crippen LogP contribution in [0.2, 0.25) is 0 Å². The molecule has 0 bridgehead atoms. The van der Waals surface area contributed by atoms with E-state index in [0.29, 0.717) is 29.1 Å². The molecule has 2 N–H and O–H groups in total. The molecule has 1 saturated heterocycles. The average molecular weight is 618 g/mol. The smallest absolute Gasteiger partial charge is 0.407 e. The van der Waals surface area contributed by atoms with Gasteiger partial charge in [0.1, 0.15) is 17.5 Å². The molecule has 1 aliphatic rings. The van der Waals surface area contributed by atoms with E-state index in [-0.39, 0.29) is 24.1 Å². The molecule has 230 valence electrons. The lowest BCUT2D eigenvalue weighted by Gasteiger charge is -2.33. The van der Waals surface area contributed by atoms with Gasteiger partial charge in [-0.2, -0.15) is 10.4 Å². The Kier molecular flexibility index (Phi) is 8.51. The second-order valence-electron chi connectivity index (χ2n) is 12.7. The van der Waals surface area contributed by atoms with Crippen LogP contribution in [0.3, 0.4) is 0 Å². The normalized spacial score (nSPS) is 15.7. The van der Waals surface area contributed by atoms with E-state index in [4.69, 9.17) is 4.74 Å². The molecule has 0 spiro atoms. The van der Waals surface area contributed by atoms with Gasteiger partial charge in [0.25, 0.3) is 5.91 Å². The molecular weight excluding hydrogens is 581 g/mol. The summed E-state index contributed by atoms with van der Waals surface area (Å²) in [7, 11) is 0. The predicted octanol–water partition coefficient (Wildman–Crippen LogP) is 6.30. The minimum atomic E-state index is -0.634. The largest absolute Gasteiger partial charge is 0.444 e. The highest BCUT2D eigenvalue weighted by Crippen LogP contribution is 2.41. The first-order chi connectivity index (χ1) is 20.8. The van der Waals surface area contributed by atoms with Gasteiger partial charge in [-0.1, -0.05) is 12.1 Å². The summed E-state index contributed by atoms with van der Waals surface area (Å²) in [4.78, 5) is 29.2. The number of amides is 2. The number of piperidine rings is 1. The van der Waals surface area contributed by atoms with Gasteiger partial charge in [0.2, 0.25) is 0 Å². The van der Waals surface area contributed by atoms with E-state index in [1.165, 1.54) is 23.5 Å². The summed E-state index contributed by atoms with van der Waals surface area (Å²) in [6.07, 6.45) is 2.82. The van der Waals surface area contributed by atoms with E-state index in [9.17, 15) is 24.3 Å².